The van der Waals surface area contributed by atoms with Crippen molar-refractivity contribution in [1.82, 2.24) is 4.90 Å². The van der Waals surface area contributed by atoms with E-state index in [1.807, 2.05) is 0 Å². The Morgan fingerprint density at radius 2 is 0.528 bits per heavy atom. The van der Waals surface area contributed by atoms with Crippen LogP contribution in [-0.4, -0.2) is 25.0 Å². The van der Waals surface area contributed by atoms with Gasteiger partial charge in [-0.15, -0.1) is 12.4 Å². The fourth-order valence-corrected chi connectivity index (χ4v) is 5.63. The molecule has 0 aromatic rings. The fraction of sp³-hybridized carbons (Fsp3) is 1.00. The maximum absolute atomic E-state index is 2.50. The minimum absolute atomic E-state index is 0. The summed E-state index contributed by atoms with van der Waals surface area (Å²) in [5, 5.41) is 0. The molecule has 0 heterocycles. The second-order valence-electron chi connectivity index (χ2n) is 12.0. The summed E-state index contributed by atoms with van der Waals surface area (Å²) in [4.78, 5) is 2.50. The zero-order valence-electron chi connectivity index (χ0n) is 25.9. The van der Waals surface area contributed by atoms with Gasteiger partial charge in [0, 0.05) is 6.04 Å². The summed E-state index contributed by atoms with van der Waals surface area (Å²) in [6.07, 6.45) is 42.3. The summed E-state index contributed by atoms with van der Waals surface area (Å²) in [5.74, 6) is 0. The van der Waals surface area contributed by atoms with Crippen molar-refractivity contribution >= 4 is 12.4 Å². The van der Waals surface area contributed by atoms with Crippen LogP contribution in [0.3, 0.4) is 0 Å². The van der Waals surface area contributed by atoms with E-state index in [0.717, 1.165) is 6.04 Å². The fourth-order valence-electron chi connectivity index (χ4n) is 5.63. The van der Waals surface area contributed by atoms with Crippen molar-refractivity contribution in [2.24, 2.45) is 0 Å². The summed E-state index contributed by atoms with van der Waals surface area (Å²) in [6.45, 7) is 4.61. The molecule has 0 aliphatic carbocycles. The minimum Gasteiger partial charge on any atom is -0.306 e. The van der Waals surface area contributed by atoms with Crippen LogP contribution >= 0.6 is 12.4 Å². The molecule has 0 aromatic heterocycles. The van der Waals surface area contributed by atoms with Crippen LogP contribution in [0.4, 0.5) is 0 Å². The SMILES string of the molecule is CCCCCCCCCCCCCCCCCC(CCCCCCCCCCCCCC)N(C)C.Cl. The van der Waals surface area contributed by atoms with Gasteiger partial charge in [0.05, 0.1) is 0 Å². The molecule has 0 aromatic carbocycles. The first-order chi connectivity index (χ1) is 17.2. The van der Waals surface area contributed by atoms with Crippen molar-refractivity contribution in [2.75, 3.05) is 14.1 Å². The lowest BCUT2D eigenvalue weighted by Gasteiger charge is -2.24. The third kappa shape index (κ3) is 30.5. The molecule has 0 saturated carbocycles. The van der Waals surface area contributed by atoms with Gasteiger partial charge < -0.3 is 4.90 Å². The summed E-state index contributed by atoms with van der Waals surface area (Å²) in [6, 6.07) is 0.820. The van der Waals surface area contributed by atoms with Crippen molar-refractivity contribution in [1.29, 1.82) is 0 Å². The summed E-state index contributed by atoms with van der Waals surface area (Å²) >= 11 is 0. The monoisotopic (exact) mass is 530 g/mol. The average molecular weight is 530 g/mol. The van der Waals surface area contributed by atoms with Gasteiger partial charge in [0.1, 0.15) is 0 Å². The van der Waals surface area contributed by atoms with Gasteiger partial charge in [-0.25, -0.2) is 0 Å². The second-order valence-corrected chi connectivity index (χ2v) is 12.0. The number of rotatable bonds is 30. The van der Waals surface area contributed by atoms with Gasteiger partial charge in [-0.05, 0) is 26.9 Å². The van der Waals surface area contributed by atoms with Crippen LogP contribution in [0.2, 0.25) is 0 Å². The van der Waals surface area contributed by atoms with Crippen LogP contribution in [0.25, 0.3) is 0 Å². The molecule has 0 fully saturated rings. The molecule has 1 unspecified atom stereocenters. The van der Waals surface area contributed by atoms with E-state index in [4.69, 9.17) is 0 Å². The highest BCUT2D eigenvalue weighted by Gasteiger charge is 2.10. The molecule has 0 saturated heterocycles. The van der Waals surface area contributed by atoms with E-state index in [9.17, 15) is 0 Å². The van der Waals surface area contributed by atoms with Gasteiger partial charge in [-0.3, -0.25) is 0 Å². The third-order valence-corrected chi connectivity index (χ3v) is 8.26. The topological polar surface area (TPSA) is 3.24 Å². The van der Waals surface area contributed by atoms with E-state index >= 15 is 0 Å². The quantitative estimate of drug-likeness (QED) is 0.0835. The van der Waals surface area contributed by atoms with Gasteiger partial charge in [0.15, 0.2) is 0 Å². The molecule has 0 bridgehead atoms. The molecule has 2 heteroatoms. The zero-order valence-corrected chi connectivity index (χ0v) is 26.8. The van der Waals surface area contributed by atoms with Gasteiger partial charge in [0.2, 0.25) is 0 Å². The highest BCUT2D eigenvalue weighted by atomic mass is 35.5. The normalized spacial score (nSPS) is 12.2. The predicted molar refractivity (Wildman–Crippen MR) is 170 cm³/mol. The Bertz CT molecular complexity index is 370. The van der Waals surface area contributed by atoms with Crippen LogP contribution in [0.5, 0.6) is 0 Å². The molecule has 0 radical (unpaired) electrons. The summed E-state index contributed by atoms with van der Waals surface area (Å²) in [7, 11) is 4.60. The molecule has 0 amide bonds. The number of halogens is 1. The first kappa shape index (κ1) is 38.4. The smallest absolute Gasteiger partial charge is 0.00891 e. The molecular formula is C34H72ClN. The Kier molecular flexibility index (Phi) is 35.5. The summed E-state index contributed by atoms with van der Waals surface area (Å²) < 4.78 is 0. The predicted octanol–water partition coefficient (Wildman–Crippen LogP) is 12.7. The Balaban J connectivity index is 0. The van der Waals surface area contributed by atoms with Crippen LogP contribution in [0.1, 0.15) is 200 Å². The number of hydrogen-bond acceptors (Lipinski definition) is 1. The van der Waals surface area contributed by atoms with Crippen molar-refractivity contribution in [3.63, 3.8) is 0 Å². The molecular weight excluding hydrogens is 458 g/mol. The average Bonchev–Trinajstić information content (AvgIpc) is 2.85. The number of nitrogens with zero attached hydrogens (tertiary/aromatic N) is 1. The maximum atomic E-state index is 2.50. The lowest BCUT2D eigenvalue weighted by Crippen LogP contribution is -2.27. The lowest BCUT2D eigenvalue weighted by atomic mass is 9.99. The van der Waals surface area contributed by atoms with Gasteiger partial charge in [0.25, 0.3) is 0 Å². The van der Waals surface area contributed by atoms with Crippen molar-refractivity contribution < 1.29 is 0 Å². The van der Waals surface area contributed by atoms with Gasteiger partial charge in [-0.1, -0.05) is 187 Å². The molecule has 0 aliphatic rings. The molecule has 1 atom stereocenters. The summed E-state index contributed by atoms with van der Waals surface area (Å²) in [5.41, 5.74) is 0. The van der Waals surface area contributed by atoms with Gasteiger partial charge in [-0.2, -0.15) is 0 Å². The van der Waals surface area contributed by atoms with Crippen LogP contribution in [0, 0.1) is 0 Å². The Hall–Kier alpha value is 0.250. The molecule has 220 valence electrons. The number of hydrogen-bond donors (Lipinski definition) is 0. The Morgan fingerprint density at radius 3 is 0.722 bits per heavy atom. The molecule has 1 nitrogen and oxygen atoms in total. The van der Waals surface area contributed by atoms with Crippen molar-refractivity contribution in [3.8, 4) is 0 Å². The Labute approximate surface area is 237 Å². The molecule has 0 N–H and O–H groups in total. The van der Waals surface area contributed by atoms with E-state index in [2.05, 4.69) is 32.8 Å². The number of unbranched alkanes of at least 4 members (excludes halogenated alkanes) is 25. The molecule has 0 spiro atoms. The van der Waals surface area contributed by atoms with E-state index < -0.39 is 0 Å². The van der Waals surface area contributed by atoms with Crippen LogP contribution in [0.15, 0.2) is 0 Å². The zero-order chi connectivity index (χ0) is 25.7. The minimum atomic E-state index is 0. The van der Waals surface area contributed by atoms with Crippen molar-refractivity contribution in [3.05, 3.63) is 0 Å². The second kappa shape index (κ2) is 33.3. The molecule has 36 heavy (non-hydrogen) atoms. The Morgan fingerprint density at radius 1 is 0.333 bits per heavy atom. The van der Waals surface area contributed by atoms with Crippen LogP contribution < -0.4 is 0 Å². The first-order valence-corrected chi connectivity index (χ1v) is 16.9. The molecule has 0 aliphatic heterocycles. The highest BCUT2D eigenvalue weighted by molar-refractivity contribution is 5.85. The van der Waals surface area contributed by atoms with E-state index in [-0.39, 0.29) is 12.4 Å². The van der Waals surface area contributed by atoms with E-state index in [1.165, 1.54) is 186 Å². The van der Waals surface area contributed by atoms with Gasteiger partial charge >= 0.3 is 0 Å². The maximum Gasteiger partial charge on any atom is 0.00891 e. The highest BCUT2D eigenvalue weighted by Crippen LogP contribution is 2.18. The van der Waals surface area contributed by atoms with E-state index in [0.29, 0.717) is 0 Å². The van der Waals surface area contributed by atoms with E-state index in [1.54, 1.807) is 0 Å². The third-order valence-electron chi connectivity index (χ3n) is 8.26. The first-order valence-electron chi connectivity index (χ1n) is 16.9. The van der Waals surface area contributed by atoms with Crippen molar-refractivity contribution in [2.45, 2.75) is 206 Å². The lowest BCUT2D eigenvalue weighted by molar-refractivity contribution is 0.251. The van der Waals surface area contributed by atoms with Crippen LogP contribution in [-0.2, 0) is 0 Å². The largest absolute Gasteiger partial charge is 0.306 e. The molecule has 0 rings (SSSR count). The standard InChI is InChI=1S/C34H71N.ClH/c1-5-7-9-11-13-15-17-19-20-21-23-25-27-29-31-33-34(35(3)4)32-30-28-26-24-22-18-16-14-12-10-8-6-2;/h34H,5-33H2,1-4H3;1H.